The SMILES string of the molecule is O=C1C[C@@H]2[C@@H](CO)[C@H](O)[C@H](F)[C@@H]2O1. The molecule has 1 saturated carbocycles. The number of alkyl halides is 1. The molecule has 2 rings (SSSR count). The number of hydrogen-bond donors (Lipinski definition) is 2. The van der Waals surface area contributed by atoms with Crippen LogP contribution in [0.25, 0.3) is 0 Å². The fraction of sp³-hybridized carbons (Fsp3) is 0.875. The molecule has 0 amide bonds. The molecule has 0 aromatic heterocycles. The monoisotopic (exact) mass is 190 g/mol. The lowest BCUT2D eigenvalue weighted by atomic mass is 9.93. The fourth-order valence-electron chi connectivity index (χ4n) is 2.22. The van der Waals surface area contributed by atoms with E-state index in [0.717, 1.165) is 0 Å². The van der Waals surface area contributed by atoms with Crippen molar-refractivity contribution < 1.29 is 24.1 Å². The van der Waals surface area contributed by atoms with E-state index in [2.05, 4.69) is 0 Å². The molecular weight excluding hydrogens is 179 g/mol. The van der Waals surface area contributed by atoms with Crippen molar-refractivity contribution in [1.82, 2.24) is 0 Å². The van der Waals surface area contributed by atoms with Crippen LogP contribution in [0.2, 0.25) is 0 Å². The van der Waals surface area contributed by atoms with E-state index in [1.54, 1.807) is 0 Å². The van der Waals surface area contributed by atoms with Gasteiger partial charge in [0.15, 0.2) is 6.17 Å². The lowest BCUT2D eigenvalue weighted by Crippen LogP contribution is -2.29. The Kier molecular flexibility index (Phi) is 2.00. The zero-order valence-corrected chi connectivity index (χ0v) is 6.89. The van der Waals surface area contributed by atoms with Crippen LogP contribution >= 0.6 is 0 Å². The molecule has 1 saturated heterocycles. The molecule has 5 heteroatoms. The first-order valence-corrected chi connectivity index (χ1v) is 4.27. The smallest absolute Gasteiger partial charge is 0.306 e. The molecule has 4 nitrogen and oxygen atoms in total. The molecule has 0 aromatic carbocycles. The first-order chi connectivity index (χ1) is 6.15. The third-order valence-electron chi connectivity index (χ3n) is 2.93. The maximum Gasteiger partial charge on any atom is 0.306 e. The summed E-state index contributed by atoms with van der Waals surface area (Å²) in [6.07, 6.45) is -3.49. The van der Waals surface area contributed by atoms with E-state index < -0.39 is 30.3 Å². The summed E-state index contributed by atoms with van der Waals surface area (Å²) in [5, 5.41) is 18.2. The average Bonchev–Trinajstić information content (AvgIpc) is 2.54. The Balaban J connectivity index is 2.19. The van der Waals surface area contributed by atoms with Crippen LogP contribution in [-0.2, 0) is 9.53 Å². The first-order valence-electron chi connectivity index (χ1n) is 4.27. The highest BCUT2D eigenvalue weighted by molar-refractivity contribution is 5.72. The molecule has 2 N–H and O–H groups in total. The normalized spacial score (nSPS) is 49.2. The third kappa shape index (κ3) is 1.14. The molecule has 74 valence electrons. The summed E-state index contributed by atoms with van der Waals surface area (Å²) < 4.78 is 18.0. The third-order valence-corrected chi connectivity index (χ3v) is 2.93. The number of aliphatic hydroxyl groups is 2. The van der Waals surface area contributed by atoms with Gasteiger partial charge in [-0.3, -0.25) is 4.79 Å². The molecule has 0 bridgehead atoms. The van der Waals surface area contributed by atoms with Gasteiger partial charge in [-0.2, -0.15) is 0 Å². The summed E-state index contributed by atoms with van der Waals surface area (Å²) in [6, 6.07) is 0. The van der Waals surface area contributed by atoms with Crippen molar-refractivity contribution in [1.29, 1.82) is 0 Å². The van der Waals surface area contributed by atoms with Gasteiger partial charge in [-0.1, -0.05) is 0 Å². The van der Waals surface area contributed by atoms with Gasteiger partial charge in [-0.15, -0.1) is 0 Å². The maximum absolute atomic E-state index is 13.2. The Morgan fingerprint density at radius 3 is 2.92 bits per heavy atom. The number of rotatable bonds is 1. The quantitative estimate of drug-likeness (QED) is 0.533. The second-order valence-electron chi connectivity index (χ2n) is 3.60. The van der Waals surface area contributed by atoms with Gasteiger partial charge in [0, 0.05) is 18.4 Å². The molecule has 5 atom stereocenters. The van der Waals surface area contributed by atoms with Crippen LogP contribution in [0.4, 0.5) is 4.39 Å². The fourth-order valence-corrected chi connectivity index (χ4v) is 2.22. The van der Waals surface area contributed by atoms with Crippen LogP contribution in [0.1, 0.15) is 6.42 Å². The first kappa shape index (κ1) is 8.90. The highest BCUT2D eigenvalue weighted by Gasteiger charge is 2.56. The van der Waals surface area contributed by atoms with Crippen LogP contribution in [-0.4, -0.2) is 41.2 Å². The van der Waals surface area contributed by atoms with Crippen LogP contribution in [0.15, 0.2) is 0 Å². The zero-order valence-electron chi connectivity index (χ0n) is 6.89. The van der Waals surface area contributed by atoms with Gasteiger partial charge in [0.2, 0.25) is 0 Å². The second-order valence-corrected chi connectivity index (χ2v) is 3.60. The number of halogens is 1. The van der Waals surface area contributed by atoms with Gasteiger partial charge in [0.05, 0.1) is 12.5 Å². The second kappa shape index (κ2) is 2.92. The molecule has 13 heavy (non-hydrogen) atoms. The van der Waals surface area contributed by atoms with Crippen LogP contribution in [0.5, 0.6) is 0 Å². The van der Waals surface area contributed by atoms with Crippen molar-refractivity contribution in [2.24, 2.45) is 11.8 Å². The molecule has 0 spiro atoms. The van der Waals surface area contributed by atoms with E-state index in [1.807, 2.05) is 0 Å². The van der Waals surface area contributed by atoms with Crippen molar-refractivity contribution in [3.8, 4) is 0 Å². The van der Waals surface area contributed by atoms with Crippen LogP contribution < -0.4 is 0 Å². The summed E-state index contributed by atoms with van der Waals surface area (Å²) in [6.45, 7) is -0.306. The van der Waals surface area contributed by atoms with Crippen molar-refractivity contribution in [2.45, 2.75) is 24.8 Å². The molecular formula is C8H11FO4. The van der Waals surface area contributed by atoms with Gasteiger partial charge >= 0.3 is 5.97 Å². The number of ether oxygens (including phenoxy) is 1. The van der Waals surface area contributed by atoms with Gasteiger partial charge in [0.1, 0.15) is 6.10 Å². The Bertz CT molecular complexity index is 232. The Morgan fingerprint density at radius 2 is 2.31 bits per heavy atom. The predicted molar refractivity (Wildman–Crippen MR) is 39.5 cm³/mol. The van der Waals surface area contributed by atoms with E-state index >= 15 is 0 Å². The zero-order chi connectivity index (χ0) is 9.59. The van der Waals surface area contributed by atoms with Gasteiger partial charge < -0.3 is 14.9 Å². The van der Waals surface area contributed by atoms with E-state index in [0.29, 0.717) is 0 Å². The number of carbonyl (C=O) groups is 1. The molecule has 2 fully saturated rings. The van der Waals surface area contributed by atoms with Gasteiger partial charge in [0.25, 0.3) is 0 Å². The van der Waals surface area contributed by atoms with E-state index in [9.17, 15) is 14.3 Å². The average molecular weight is 190 g/mol. The van der Waals surface area contributed by atoms with Crippen molar-refractivity contribution in [3.63, 3.8) is 0 Å². The lowest BCUT2D eigenvalue weighted by molar-refractivity contribution is -0.144. The van der Waals surface area contributed by atoms with Crippen LogP contribution in [0.3, 0.4) is 0 Å². The van der Waals surface area contributed by atoms with Gasteiger partial charge in [-0.25, -0.2) is 4.39 Å². The molecule has 0 unspecified atom stereocenters. The summed E-state index contributed by atoms with van der Waals surface area (Å²) in [5.41, 5.74) is 0. The molecule has 1 aliphatic heterocycles. The maximum atomic E-state index is 13.2. The molecule has 1 heterocycles. The van der Waals surface area contributed by atoms with E-state index in [4.69, 9.17) is 9.84 Å². The number of hydrogen-bond acceptors (Lipinski definition) is 4. The number of aliphatic hydroxyl groups excluding tert-OH is 2. The molecule has 0 aromatic rings. The minimum absolute atomic E-state index is 0.105. The number of carbonyl (C=O) groups excluding carboxylic acids is 1. The molecule has 2 aliphatic rings. The lowest BCUT2D eigenvalue weighted by Gasteiger charge is -2.15. The van der Waals surface area contributed by atoms with E-state index in [1.165, 1.54) is 0 Å². The van der Waals surface area contributed by atoms with E-state index in [-0.39, 0.29) is 18.9 Å². The number of esters is 1. The summed E-state index contributed by atoms with van der Waals surface area (Å²) >= 11 is 0. The Labute approximate surface area is 74.3 Å². The Morgan fingerprint density at radius 1 is 1.62 bits per heavy atom. The highest BCUT2D eigenvalue weighted by Crippen LogP contribution is 2.42. The Hall–Kier alpha value is -0.680. The van der Waals surface area contributed by atoms with Crippen molar-refractivity contribution >= 4 is 5.97 Å². The van der Waals surface area contributed by atoms with Crippen LogP contribution in [0, 0.1) is 11.8 Å². The standard InChI is InChI=1S/C8H11FO4/c9-6-7(12)4(2-10)3-1-5(11)13-8(3)6/h3-4,6-8,10,12H,1-2H2/t3-,4-,6+,7+,8-/m1/s1. The molecule has 0 radical (unpaired) electrons. The molecule has 1 aliphatic carbocycles. The van der Waals surface area contributed by atoms with Gasteiger partial charge in [-0.05, 0) is 0 Å². The largest absolute Gasteiger partial charge is 0.459 e. The highest BCUT2D eigenvalue weighted by atomic mass is 19.1. The summed E-state index contributed by atoms with van der Waals surface area (Å²) in [7, 11) is 0. The predicted octanol–water partition coefficient (Wildman–Crippen LogP) is -0.761. The summed E-state index contributed by atoms with van der Waals surface area (Å²) in [4.78, 5) is 10.8. The van der Waals surface area contributed by atoms with Crippen molar-refractivity contribution in [3.05, 3.63) is 0 Å². The summed E-state index contributed by atoms with van der Waals surface area (Å²) in [5.74, 6) is -1.36. The minimum Gasteiger partial charge on any atom is -0.459 e. The minimum atomic E-state index is -1.55. The topological polar surface area (TPSA) is 66.8 Å². The number of fused-ring (bicyclic) bond motifs is 1. The van der Waals surface area contributed by atoms with Crippen molar-refractivity contribution in [2.75, 3.05) is 6.61 Å².